The first-order chi connectivity index (χ1) is 10.5. The SMILES string of the molecule is O=S(=O)(Cc1ccc(Cl)cc1)Nc1ccc2c(c1)CCCO2. The number of benzene rings is 2. The van der Waals surface area contributed by atoms with Crippen LogP contribution in [0.2, 0.25) is 5.02 Å². The third kappa shape index (κ3) is 3.72. The van der Waals surface area contributed by atoms with Crippen LogP contribution in [0.4, 0.5) is 5.69 Å². The van der Waals surface area contributed by atoms with Gasteiger partial charge >= 0.3 is 0 Å². The van der Waals surface area contributed by atoms with E-state index in [0.29, 0.717) is 22.9 Å². The number of rotatable bonds is 4. The first kappa shape index (κ1) is 15.2. The maximum absolute atomic E-state index is 12.2. The van der Waals surface area contributed by atoms with Crippen molar-refractivity contribution in [2.75, 3.05) is 11.3 Å². The molecule has 116 valence electrons. The number of fused-ring (bicyclic) bond motifs is 1. The van der Waals surface area contributed by atoms with Crippen LogP contribution < -0.4 is 9.46 Å². The highest BCUT2D eigenvalue weighted by atomic mass is 35.5. The standard InChI is InChI=1S/C16H16ClNO3S/c17-14-5-3-12(4-6-14)11-22(19,20)18-15-7-8-16-13(10-15)2-1-9-21-16/h3-8,10,18H,1-2,9,11H2. The predicted octanol–water partition coefficient (Wildman–Crippen LogP) is 3.61. The Bertz CT molecular complexity index is 772. The highest BCUT2D eigenvalue weighted by molar-refractivity contribution is 7.91. The van der Waals surface area contributed by atoms with Crippen LogP contribution in [-0.2, 0) is 22.2 Å². The summed E-state index contributed by atoms with van der Waals surface area (Å²) in [5, 5.41) is 0.587. The molecule has 22 heavy (non-hydrogen) atoms. The third-order valence-corrected chi connectivity index (χ3v) is 4.96. The number of halogens is 1. The van der Waals surface area contributed by atoms with Gasteiger partial charge < -0.3 is 4.74 Å². The molecule has 0 saturated carbocycles. The van der Waals surface area contributed by atoms with Gasteiger partial charge in [-0.3, -0.25) is 4.72 Å². The van der Waals surface area contributed by atoms with Crippen molar-refractivity contribution < 1.29 is 13.2 Å². The quantitative estimate of drug-likeness (QED) is 0.927. The van der Waals surface area contributed by atoms with Crippen molar-refractivity contribution in [1.82, 2.24) is 0 Å². The van der Waals surface area contributed by atoms with Crippen molar-refractivity contribution in [1.29, 1.82) is 0 Å². The Balaban J connectivity index is 1.75. The molecule has 0 atom stereocenters. The van der Waals surface area contributed by atoms with Crippen molar-refractivity contribution in [3.8, 4) is 5.75 Å². The summed E-state index contributed by atoms with van der Waals surface area (Å²) in [6.45, 7) is 0.717. The number of hydrogen-bond donors (Lipinski definition) is 1. The van der Waals surface area contributed by atoms with E-state index in [0.717, 1.165) is 24.2 Å². The van der Waals surface area contributed by atoms with E-state index in [1.807, 2.05) is 12.1 Å². The molecule has 1 heterocycles. The molecule has 0 spiro atoms. The van der Waals surface area contributed by atoms with Crippen molar-refractivity contribution in [2.24, 2.45) is 0 Å². The van der Waals surface area contributed by atoms with Gasteiger partial charge in [0.05, 0.1) is 12.4 Å². The molecule has 1 aliphatic rings. The Morgan fingerprint density at radius 2 is 1.91 bits per heavy atom. The van der Waals surface area contributed by atoms with Gasteiger partial charge in [-0.2, -0.15) is 0 Å². The van der Waals surface area contributed by atoms with Gasteiger partial charge in [0, 0.05) is 10.7 Å². The summed E-state index contributed by atoms with van der Waals surface area (Å²) in [6, 6.07) is 12.2. The smallest absolute Gasteiger partial charge is 0.236 e. The summed E-state index contributed by atoms with van der Waals surface area (Å²) in [5.74, 6) is 0.754. The average molecular weight is 338 g/mol. The van der Waals surface area contributed by atoms with Gasteiger partial charge in [-0.05, 0) is 54.3 Å². The fourth-order valence-corrected chi connectivity index (χ4v) is 3.76. The van der Waals surface area contributed by atoms with Gasteiger partial charge in [-0.15, -0.1) is 0 Å². The number of ether oxygens (including phenoxy) is 1. The molecular formula is C16H16ClNO3S. The minimum Gasteiger partial charge on any atom is -0.493 e. The lowest BCUT2D eigenvalue weighted by Crippen LogP contribution is -2.16. The van der Waals surface area contributed by atoms with E-state index in [2.05, 4.69) is 4.72 Å². The van der Waals surface area contributed by atoms with E-state index in [-0.39, 0.29) is 5.75 Å². The first-order valence-corrected chi connectivity index (χ1v) is 9.05. The largest absolute Gasteiger partial charge is 0.493 e. The number of aryl methyl sites for hydroxylation is 1. The summed E-state index contributed by atoms with van der Waals surface area (Å²) in [5.41, 5.74) is 2.30. The molecule has 0 bridgehead atoms. The second-order valence-corrected chi connectivity index (χ2v) is 7.42. The van der Waals surface area contributed by atoms with E-state index in [9.17, 15) is 8.42 Å². The van der Waals surface area contributed by atoms with Crippen LogP contribution in [0.1, 0.15) is 17.5 Å². The molecule has 3 rings (SSSR count). The average Bonchev–Trinajstić information content (AvgIpc) is 2.49. The predicted molar refractivity (Wildman–Crippen MR) is 88.0 cm³/mol. The monoisotopic (exact) mass is 337 g/mol. The molecule has 1 aliphatic heterocycles. The highest BCUT2D eigenvalue weighted by Crippen LogP contribution is 2.28. The zero-order valence-electron chi connectivity index (χ0n) is 11.9. The van der Waals surface area contributed by atoms with Gasteiger partial charge in [0.15, 0.2) is 0 Å². The van der Waals surface area contributed by atoms with Crippen molar-refractivity contribution in [2.45, 2.75) is 18.6 Å². The second-order valence-electron chi connectivity index (χ2n) is 5.26. The van der Waals surface area contributed by atoms with Crippen molar-refractivity contribution >= 4 is 27.3 Å². The Morgan fingerprint density at radius 3 is 2.68 bits per heavy atom. The van der Waals surface area contributed by atoms with Crippen LogP contribution in [0.25, 0.3) is 0 Å². The molecule has 0 amide bonds. The maximum atomic E-state index is 12.2. The van der Waals surface area contributed by atoms with E-state index in [1.165, 1.54) is 0 Å². The lowest BCUT2D eigenvalue weighted by atomic mass is 10.1. The lowest BCUT2D eigenvalue weighted by Gasteiger charge is -2.18. The molecule has 1 N–H and O–H groups in total. The molecule has 0 unspecified atom stereocenters. The first-order valence-electron chi connectivity index (χ1n) is 7.02. The molecule has 0 saturated heterocycles. The number of anilines is 1. The topological polar surface area (TPSA) is 55.4 Å². The van der Waals surface area contributed by atoms with Gasteiger partial charge in [0.1, 0.15) is 5.75 Å². The normalized spacial score (nSPS) is 14.0. The van der Waals surface area contributed by atoms with Gasteiger partial charge in [-0.1, -0.05) is 23.7 Å². The number of hydrogen-bond acceptors (Lipinski definition) is 3. The lowest BCUT2D eigenvalue weighted by molar-refractivity contribution is 0.288. The number of nitrogens with one attached hydrogen (secondary N) is 1. The highest BCUT2D eigenvalue weighted by Gasteiger charge is 2.15. The summed E-state index contributed by atoms with van der Waals surface area (Å²) in [4.78, 5) is 0. The van der Waals surface area contributed by atoms with Crippen molar-refractivity contribution in [3.05, 3.63) is 58.6 Å². The molecule has 2 aromatic carbocycles. The Morgan fingerprint density at radius 1 is 1.14 bits per heavy atom. The fourth-order valence-electron chi connectivity index (χ4n) is 2.44. The van der Waals surface area contributed by atoms with E-state index >= 15 is 0 Å². The van der Waals surface area contributed by atoms with Crippen LogP contribution in [0.5, 0.6) is 5.75 Å². The molecule has 0 radical (unpaired) electrons. The van der Waals surface area contributed by atoms with Crippen LogP contribution in [0.3, 0.4) is 0 Å². The van der Waals surface area contributed by atoms with E-state index in [4.69, 9.17) is 16.3 Å². The van der Waals surface area contributed by atoms with Gasteiger partial charge in [0.25, 0.3) is 0 Å². The Labute approximate surface area is 135 Å². The van der Waals surface area contributed by atoms with Crippen LogP contribution in [-0.4, -0.2) is 15.0 Å². The molecule has 0 aliphatic carbocycles. The van der Waals surface area contributed by atoms with Crippen molar-refractivity contribution in [3.63, 3.8) is 0 Å². The van der Waals surface area contributed by atoms with Gasteiger partial charge in [-0.25, -0.2) is 8.42 Å². The summed E-state index contributed by atoms with van der Waals surface area (Å²) < 4.78 is 32.6. The molecule has 6 heteroatoms. The number of sulfonamides is 1. The molecule has 0 fully saturated rings. The van der Waals surface area contributed by atoms with E-state index in [1.54, 1.807) is 30.3 Å². The zero-order valence-corrected chi connectivity index (χ0v) is 13.5. The molecule has 2 aromatic rings. The second kappa shape index (κ2) is 6.18. The van der Waals surface area contributed by atoms with Gasteiger partial charge in [0.2, 0.25) is 10.0 Å². The van der Waals surface area contributed by atoms with Crippen LogP contribution in [0, 0.1) is 0 Å². The Hall–Kier alpha value is -1.72. The zero-order chi connectivity index (χ0) is 15.6. The van der Waals surface area contributed by atoms with E-state index < -0.39 is 10.0 Å². The summed E-state index contributed by atoms with van der Waals surface area (Å²) in [6.07, 6.45) is 1.86. The summed E-state index contributed by atoms with van der Waals surface area (Å²) >= 11 is 5.80. The maximum Gasteiger partial charge on any atom is 0.236 e. The summed E-state index contributed by atoms with van der Waals surface area (Å²) in [7, 11) is -3.46. The molecule has 0 aromatic heterocycles. The third-order valence-electron chi connectivity index (χ3n) is 3.45. The molecular weight excluding hydrogens is 322 g/mol. The fraction of sp³-hybridized carbons (Fsp3) is 0.250. The van der Waals surface area contributed by atoms with Crippen LogP contribution in [0.15, 0.2) is 42.5 Å². The van der Waals surface area contributed by atoms with Crippen LogP contribution >= 0.6 is 11.6 Å². The minimum absolute atomic E-state index is 0.0856. The molecule has 4 nitrogen and oxygen atoms in total. The Kier molecular flexibility index (Phi) is 4.27. The minimum atomic E-state index is -3.46.